The van der Waals surface area contributed by atoms with Gasteiger partial charge in [-0.1, -0.05) is 0 Å². The smallest absolute Gasteiger partial charge is 0.285 e. The Morgan fingerprint density at radius 1 is 1.65 bits per heavy atom. The number of benzene rings is 1. The van der Waals surface area contributed by atoms with Crippen molar-refractivity contribution in [2.45, 2.75) is 0 Å². The topological polar surface area (TPSA) is 93.2 Å². The van der Waals surface area contributed by atoms with E-state index in [0.717, 1.165) is 6.07 Å². The molecule has 0 aliphatic carbocycles. The maximum atomic E-state index is 11.5. The van der Waals surface area contributed by atoms with E-state index < -0.39 is 22.3 Å². The number of nitro benzene ring substituents is 1. The highest BCUT2D eigenvalue weighted by molar-refractivity contribution is 6.31. The molecule has 88 valence electrons. The van der Waals surface area contributed by atoms with Gasteiger partial charge in [-0.05, 0) is 6.07 Å². The number of hydrogen-bond donors (Lipinski definition) is 0. The molecule has 7 heteroatoms. The van der Waals surface area contributed by atoms with Crippen LogP contribution in [0.15, 0.2) is 12.1 Å². The number of nitrogens with zero attached hydrogens (tertiary/aromatic N) is 2. The Kier molecular flexibility index (Phi) is 4.01. The number of carbonyl (C=O) groups is 1. The molecule has 17 heavy (non-hydrogen) atoms. The van der Waals surface area contributed by atoms with Crippen molar-refractivity contribution in [3.63, 3.8) is 0 Å². The fourth-order valence-electron chi connectivity index (χ4n) is 1.32. The zero-order valence-corrected chi connectivity index (χ0v) is 9.52. The van der Waals surface area contributed by atoms with Crippen LogP contribution in [0.3, 0.4) is 0 Å². The molecule has 0 radical (unpaired) electrons. The number of nitro groups is 1. The summed E-state index contributed by atoms with van der Waals surface area (Å²) in [6, 6.07) is 4.03. The van der Waals surface area contributed by atoms with E-state index in [2.05, 4.69) is 0 Å². The van der Waals surface area contributed by atoms with E-state index in [9.17, 15) is 14.9 Å². The van der Waals surface area contributed by atoms with Gasteiger partial charge in [0.2, 0.25) is 0 Å². The van der Waals surface area contributed by atoms with E-state index in [0.29, 0.717) is 0 Å². The first-order chi connectivity index (χ1) is 8.04. The van der Waals surface area contributed by atoms with Gasteiger partial charge in [0, 0.05) is 6.07 Å². The van der Waals surface area contributed by atoms with Crippen LogP contribution in [-0.4, -0.2) is 23.7 Å². The van der Waals surface area contributed by atoms with Crippen LogP contribution in [0.25, 0.3) is 0 Å². The van der Waals surface area contributed by atoms with Gasteiger partial charge in [-0.3, -0.25) is 14.9 Å². The SMILES string of the molecule is COc1cc(C#N)cc([N+](=O)[O-])c1C(=O)CCl. The van der Waals surface area contributed by atoms with E-state index in [-0.39, 0.29) is 16.9 Å². The second-order valence-corrected chi connectivity index (χ2v) is 3.27. The molecule has 0 heterocycles. The van der Waals surface area contributed by atoms with Crippen molar-refractivity contribution in [2.24, 2.45) is 0 Å². The van der Waals surface area contributed by atoms with Crippen molar-refractivity contribution in [3.05, 3.63) is 33.4 Å². The summed E-state index contributed by atoms with van der Waals surface area (Å²) in [6.45, 7) is 0. The van der Waals surface area contributed by atoms with Crippen LogP contribution in [-0.2, 0) is 0 Å². The minimum atomic E-state index is -0.747. The van der Waals surface area contributed by atoms with Crippen LogP contribution in [0, 0.1) is 21.4 Å². The summed E-state index contributed by atoms with van der Waals surface area (Å²) >= 11 is 5.37. The Hall–Kier alpha value is -2.13. The van der Waals surface area contributed by atoms with E-state index in [1.165, 1.54) is 13.2 Å². The number of methoxy groups -OCH3 is 1. The highest BCUT2D eigenvalue weighted by Gasteiger charge is 2.25. The lowest BCUT2D eigenvalue weighted by atomic mass is 10.0. The predicted octanol–water partition coefficient (Wildman–Crippen LogP) is 1.90. The minimum Gasteiger partial charge on any atom is -0.496 e. The van der Waals surface area contributed by atoms with Gasteiger partial charge >= 0.3 is 0 Å². The molecule has 1 aromatic rings. The molecule has 0 aliphatic heterocycles. The Morgan fingerprint density at radius 3 is 2.71 bits per heavy atom. The Labute approximate surface area is 102 Å². The highest BCUT2D eigenvalue weighted by Crippen LogP contribution is 2.30. The quantitative estimate of drug-likeness (QED) is 0.354. The zero-order chi connectivity index (χ0) is 13.0. The first-order valence-corrected chi connectivity index (χ1v) is 4.94. The van der Waals surface area contributed by atoms with Gasteiger partial charge in [-0.2, -0.15) is 5.26 Å². The van der Waals surface area contributed by atoms with Gasteiger partial charge < -0.3 is 4.74 Å². The maximum absolute atomic E-state index is 11.5. The molecular weight excluding hydrogens is 248 g/mol. The molecule has 0 spiro atoms. The zero-order valence-electron chi connectivity index (χ0n) is 8.77. The van der Waals surface area contributed by atoms with Gasteiger partial charge in [-0.15, -0.1) is 11.6 Å². The first kappa shape index (κ1) is 12.9. The molecule has 0 unspecified atom stereocenters. The summed E-state index contributed by atoms with van der Waals surface area (Å²) in [7, 11) is 1.26. The van der Waals surface area contributed by atoms with Gasteiger partial charge in [-0.25, -0.2) is 0 Å². The van der Waals surface area contributed by atoms with Crippen LogP contribution in [0.5, 0.6) is 5.75 Å². The third kappa shape index (κ3) is 2.52. The Morgan fingerprint density at radius 2 is 2.29 bits per heavy atom. The first-order valence-electron chi connectivity index (χ1n) is 4.40. The molecule has 0 atom stereocenters. The average molecular weight is 255 g/mol. The Bertz CT molecular complexity index is 522. The van der Waals surface area contributed by atoms with Crippen LogP contribution in [0.4, 0.5) is 5.69 Å². The molecule has 0 aliphatic rings. The molecule has 0 bridgehead atoms. The normalized spacial score (nSPS) is 9.47. The van der Waals surface area contributed by atoms with Gasteiger partial charge in [0.05, 0.1) is 29.5 Å². The van der Waals surface area contributed by atoms with Crippen molar-refractivity contribution in [1.82, 2.24) is 0 Å². The van der Waals surface area contributed by atoms with Crippen LogP contribution >= 0.6 is 11.6 Å². The van der Waals surface area contributed by atoms with E-state index >= 15 is 0 Å². The van der Waals surface area contributed by atoms with Gasteiger partial charge in [0.1, 0.15) is 11.3 Å². The molecular formula is C10H7ClN2O4. The molecule has 0 saturated carbocycles. The van der Waals surface area contributed by atoms with Crippen LogP contribution in [0.2, 0.25) is 0 Å². The summed E-state index contributed by atoms with van der Waals surface area (Å²) < 4.78 is 4.87. The highest BCUT2D eigenvalue weighted by atomic mass is 35.5. The van der Waals surface area contributed by atoms with Gasteiger partial charge in [0.15, 0.2) is 5.78 Å². The second-order valence-electron chi connectivity index (χ2n) is 3.00. The number of alkyl halides is 1. The number of ether oxygens (including phenoxy) is 1. The van der Waals surface area contributed by atoms with Crippen molar-refractivity contribution in [2.75, 3.05) is 13.0 Å². The molecule has 0 fully saturated rings. The second kappa shape index (κ2) is 5.27. The van der Waals surface area contributed by atoms with Crippen molar-refractivity contribution in [3.8, 4) is 11.8 Å². The van der Waals surface area contributed by atoms with Crippen molar-refractivity contribution in [1.29, 1.82) is 5.26 Å². The van der Waals surface area contributed by atoms with E-state index in [1.807, 2.05) is 0 Å². The van der Waals surface area contributed by atoms with Crippen LogP contribution < -0.4 is 4.74 Å². The molecule has 1 rings (SSSR count). The summed E-state index contributed by atoms with van der Waals surface area (Å²) in [5, 5.41) is 19.5. The molecule has 0 amide bonds. The number of carbonyl (C=O) groups excluding carboxylic acids is 1. The van der Waals surface area contributed by atoms with E-state index in [1.54, 1.807) is 6.07 Å². The molecule has 1 aromatic carbocycles. The lowest BCUT2D eigenvalue weighted by Gasteiger charge is -2.07. The number of Topliss-reactive ketones (excluding diaryl/α,β-unsaturated/α-hetero) is 1. The van der Waals surface area contributed by atoms with Gasteiger partial charge in [0.25, 0.3) is 5.69 Å². The summed E-state index contributed by atoms with van der Waals surface area (Å²) in [4.78, 5) is 21.6. The third-order valence-electron chi connectivity index (χ3n) is 2.03. The predicted molar refractivity (Wildman–Crippen MR) is 59.4 cm³/mol. The molecule has 0 aromatic heterocycles. The van der Waals surface area contributed by atoms with Crippen molar-refractivity contribution < 1.29 is 14.5 Å². The van der Waals surface area contributed by atoms with E-state index in [4.69, 9.17) is 21.6 Å². The number of halogens is 1. The number of rotatable bonds is 4. The largest absolute Gasteiger partial charge is 0.496 e. The van der Waals surface area contributed by atoms with Crippen molar-refractivity contribution >= 4 is 23.1 Å². The fraction of sp³-hybridized carbons (Fsp3) is 0.200. The van der Waals surface area contributed by atoms with Crippen LogP contribution in [0.1, 0.15) is 15.9 Å². The third-order valence-corrected chi connectivity index (χ3v) is 2.27. The monoisotopic (exact) mass is 254 g/mol. The average Bonchev–Trinajstić information content (AvgIpc) is 2.35. The standard InChI is InChI=1S/C10H7ClN2O4/c1-17-9-3-6(5-12)2-7(13(15)16)10(9)8(14)4-11/h2-3H,4H2,1H3. The lowest BCUT2D eigenvalue weighted by molar-refractivity contribution is -0.385. The fourth-order valence-corrected chi connectivity index (χ4v) is 1.45. The molecule has 0 saturated heterocycles. The molecule has 6 nitrogen and oxygen atoms in total. The maximum Gasteiger partial charge on any atom is 0.285 e. The summed E-state index contributed by atoms with van der Waals surface area (Å²) in [6.07, 6.45) is 0. The molecule has 0 N–H and O–H groups in total. The lowest BCUT2D eigenvalue weighted by Crippen LogP contribution is -2.08. The summed E-state index contributed by atoms with van der Waals surface area (Å²) in [5.41, 5.74) is -0.655. The number of hydrogen-bond acceptors (Lipinski definition) is 5. The Balaban J connectivity index is 3.59. The minimum absolute atomic E-state index is 0.0265. The summed E-state index contributed by atoms with van der Waals surface area (Å²) in [5.74, 6) is -1.05. The number of nitriles is 1. The number of ketones is 1.